The molecule has 0 unspecified atom stereocenters. The fraction of sp³-hybridized carbons (Fsp3) is 0.500. The molecule has 1 aliphatic heterocycles. The first kappa shape index (κ1) is 20.5. The lowest BCUT2D eigenvalue weighted by molar-refractivity contribution is 0.00819. The van der Waals surface area contributed by atoms with Crippen LogP contribution in [0.4, 0.5) is 0 Å². The molecule has 2 aliphatic carbocycles. The van der Waals surface area contributed by atoms with E-state index in [1.54, 1.807) is 4.68 Å². The number of pyridine rings is 1. The molecule has 0 aromatic carbocycles. The number of fused-ring (bicyclic) bond motifs is 1. The van der Waals surface area contributed by atoms with Gasteiger partial charge in [-0.15, -0.1) is 0 Å². The lowest BCUT2D eigenvalue weighted by Crippen LogP contribution is -2.55. The predicted molar refractivity (Wildman–Crippen MR) is 125 cm³/mol. The van der Waals surface area contributed by atoms with Gasteiger partial charge in [-0.2, -0.15) is 5.10 Å². The molecule has 3 aliphatic rings. The van der Waals surface area contributed by atoms with Gasteiger partial charge in [-0.3, -0.25) is 14.3 Å². The average molecular weight is 446 g/mol. The Morgan fingerprint density at radius 3 is 2.64 bits per heavy atom. The molecule has 6 rings (SSSR count). The summed E-state index contributed by atoms with van der Waals surface area (Å²) >= 11 is 0. The highest BCUT2D eigenvalue weighted by Gasteiger charge is 2.47. The van der Waals surface area contributed by atoms with Crippen LogP contribution >= 0.6 is 0 Å². The summed E-state index contributed by atoms with van der Waals surface area (Å²) in [6.07, 6.45) is 13.4. The van der Waals surface area contributed by atoms with E-state index in [2.05, 4.69) is 10.4 Å². The van der Waals surface area contributed by atoms with Crippen molar-refractivity contribution < 1.29 is 9.59 Å². The van der Waals surface area contributed by atoms with E-state index in [4.69, 9.17) is 0 Å². The summed E-state index contributed by atoms with van der Waals surface area (Å²) in [6.45, 7) is 1.58. The summed E-state index contributed by atoms with van der Waals surface area (Å²) in [7, 11) is 1.88. The molecular weight excluding hydrogens is 414 g/mol. The zero-order valence-electron chi connectivity index (χ0n) is 19.2. The number of carbonyl (C=O) groups excluding carboxylic acids is 2. The highest BCUT2D eigenvalue weighted by Crippen LogP contribution is 2.49. The van der Waals surface area contributed by atoms with E-state index in [0.29, 0.717) is 11.5 Å². The first-order chi connectivity index (χ1) is 16.0. The predicted octanol–water partition coefficient (Wildman–Crippen LogP) is 3.76. The van der Waals surface area contributed by atoms with Crippen molar-refractivity contribution in [2.75, 3.05) is 13.1 Å². The maximum absolute atomic E-state index is 13.3. The second-order valence-electron chi connectivity index (χ2n) is 10.3. The maximum Gasteiger partial charge on any atom is 0.272 e. The van der Waals surface area contributed by atoms with Gasteiger partial charge in [-0.25, -0.2) is 0 Å². The first-order valence-corrected chi connectivity index (χ1v) is 12.2. The van der Waals surface area contributed by atoms with Crippen molar-refractivity contribution in [1.29, 1.82) is 0 Å². The van der Waals surface area contributed by atoms with Crippen LogP contribution in [0.15, 0.2) is 42.9 Å². The Labute approximate surface area is 193 Å². The van der Waals surface area contributed by atoms with Crippen LogP contribution in [-0.2, 0) is 7.05 Å². The highest BCUT2D eigenvalue weighted by atomic mass is 16.2. The first-order valence-electron chi connectivity index (χ1n) is 12.2. The SMILES string of the molecule is Cn1ncc(C2CCC2)c1C(=O)N1CCC2(CC1)CC(NC(=O)c1cc3ccccn3c1)C2. The van der Waals surface area contributed by atoms with Gasteiger partial charge in [0.25, 0.3) is 11.8 Å². The molecule has 1 N–H and O–H groups in total. The Morgan fingerprint density at radius 1 is 1.15 bits per heavy atom. The molecule has 0 bridgehead atoms. The lowest BCUT2D eigenvalue weighted by atomic mass is 9.60. The molecule has 172 valence electrons. The maximum atomic E-state index is 13.3. The fourth-order valence-corrected chi connectivity index (χ4v) is 6.01. The number of hydrogen-bond donors (Lipinski definition) is 1. The number of nitrogens with zero attached hydrogens (tertiary/aromatic N) is 4. The van der Waals surface area contributed by atoms with Gasteiger partial charge in [0.15, 0.2) is 0 Å². The minimum absolute atomic E-state index is 0.00546. The third kappa shape index (κ3) is 3.54. The van der Waals surface area contributed by atoms with Crippen LogP contribution in [0.1, 0.15) is 77.3 Å². The molecule has 7 heteroatoms. The van der Waals surface area contributed by atoms with Crippen molar-refractivity contribution in [3.8, 4) is 0 Å². The number of hydrogen-bond acceptors (Lipinski definition) is 3. The zero-order chi connectivity index (χ0) is 22.6. The Bertz CT molecular complexity index is 1170. The minimum Gasteiger partial charge on any atom is -0.349 e. The normalized spacial score (nSPS) is 20.6. The quantitative estimate of drug-likeness (QED) is 0.665. The molecular formula is C26H31N5O2. The molecule has 0 radical (unpaired) electrons. The van der Waals surface area contributed by atoms with E-state index in [9.17, 15) is 9.59 Å². The summed E-state index contributed by atoms with van der Waals surface area (Å²) in [5, 5.41) is 7.61. The summed E-state index contributed by atoms with van der Waals surface area (Å²) in [6, 6.07) is 8.11. The van der Waals surface area contributed by atoms with Crippen molar-refractivity contribution in [3.63, 3.8) is 0 Å². The number of piperidine rings is 1. The number of aromatic nitrogens is 3. The van der Waals surface area contributed by atoms with Crippen molar-refractivity contribution in [3.05, 3.63) is 59.7 Å². The summed E-state index contributed by atoms with van der Waals surface area (Å²) < 4.78 is 3.74. The molecule has 1 saturated heterocycles. The van der Waals surface area contributed by atoms with E-state index >= 15 is 0 Å². The van der Waals surface area contributed by atoms with Gasteiger partial charge in [-0.05, 0) is 68.1 Å². The van der Waals surface area contributed by atoms with Crippen LogP contribution < -0.4 is 5.32 Å². The standard InChI is InChI=1S/C26H31N5O2/c1-29-23(22(16-27-29)18-5-4-6-18)25(33)30-11-8-26(9-12-30)14-20(15-26)28-24(32)19-13-21-7-2-3-10-31(21)17-19/h2-3,7,10,13,16-18,20H,4-6,8-9,11-12,14-15H2,1H3,(H,28,32). The number of nitrogens with one attached hydrogen (secondary N) is 1. The number of aryl methyl sites for hydroxylation is 1. The molecule has 7 nitrogen and oxygen atoms in total. The second-order valence-corrected chi connectivity index (χ2v) is 10.3. The number of likely N-dealkylation sites (tertiary alicyclic amines) is 1. The number of rotatable bonds is 4. The third-order valence-electron chi connectivity index (χ3n) is 8.29. The average Bonchev–Trinajstić information content (AvgIpc) is 3.35. The topological polar surface area (TPSA) is 71.6 Å². The summed E-state index contributed by atoms with van der Waals surface area (Å²) in [5.74, 6) is 0.644. The molecule has 4 heterocycles. The summed E-state index contributed by atoms with van der Waals surface area (Å²) in [4.78, 5) is 28.1. The van der Waals surface area contributed by atoms with Crippen LogP contribution in [0.25, 0.3) is 5.52 Å². The van der Waals surface area contributed by atoms with Crippen molar-refractivity contribution >= 4 is 17.3 Å². The Hall–Kier alpha value is -3.09. The monoisotopic (exact) mass is 445 g/mol. The molecule has 3 aromatic rings. The van der Waals surface area contributed by atoms with Gasteiger partial charge in [0.2, 0.25) is 0 Å². The van der Waals surface area contributed by atoms with Gasteiger partial charge in [0.05, 0.1) is 11.8 Å². The molecule has 2 saturated carbocycles. The highest BCUT2D eigenvalue weighted by molar-refractivity contribution is 5.96. The zero-order valence-corrected chi connectivity index (χ0v) is 19.2. The van der Waals surface area contributed by atoms with E-state index < -0.39 is 0 Å². The molecule has 3 fully saturated rings. The Balaban J connectivity index is 1.04. The Kier molecular flexibility index (Phi) is 4.82. The van der Waals surface area contributed by atoms with Crippen molar-refractivity contribution in [2.24, 2.45) is 12.5 Å². The van der Waals surface area contributed by atoms with E-state index in [1.165, 1.54) is 19.3 Å². The molecule has 3 aromatic heterocycles. The van der Waals surface area contributed by atoms with Crippen molar-refractivity contribution in [1.82, 2.24) is 24.4 Å². The van der Waals surface area contributed by atoms with Crippen LogP contribution in [0.5, 0.6) is 0 Å². The minimum atomic E-state index is 0.00546. The third-order valence-corrected chi connectivity index (χ3v) is 8.29. The number of amides is 2. The molecule has 0 atom stereocenters. The van der Waals surface area contributed by atoms with Gasteiger partial charge < -0.3 is 14.6 Å². The molecule has 1 spiro atoms. The van der Waals surface area contributed by atoms with Crippen LogP contribution in [0.2, 0.25) is 0 Å². The Morgan fingerprint density at radius 2 is 1.94 bits per heavy atom. The lowest BCUT2D eigenvalue weighted by Gasteiger charge is -2.52. The van der Waals surface area contributed by atoms with Crippen molar-refractivity contribution in [2.45, 2.75) is 56.9 Å². The second kappa shape index (κ2) is 7.75. The molecule has 33 heavy (non-hydrogen) atoms. The largest absolute Gasteiger partial charge is 0.349 e. The van der Waals surface area contributed by atoms with E-state index in [-0.39, 0.29) is 23.3 Å². The summed E-state index contributed by atoms with van der Waals surface area (Å²) in [5.41, 5.74) is 3.93. The van der Waals surface area contributed by atoms with Crippen LogP contribution in [0, 0.1) is 5.41 Å². The fourth-order valence-electron chi connectivity index (χ4n) is 6.01. The van der Waals surface area contributed by atoms with E-state index in [1.807, 2.05) is 59.2 Å². The number of carbonyl (C=O) groups is 2. The van der Waals surface area contributed by atoms with E-state index in [0.717, 1.165) is 55.5 Å². The molecule has 2 amide bonds. The smallest absolute Gasteiger partial charge is 0.272 e. The van der Waals surface area contributed by atoms with Crippen LogP contribution in [0.3, 0.4) is 0 Å². The van der Waals surface area contributed by atoms with Gasteiger partial charge in [-0.1, -0.05) is 12.5 Å². The van der Waals surface area contributed by atoms with Gasteiger partial charge in [0.1, 0.15) is 5.69 Å². The van der Waals surface area contributed by atoms with Gasteiger partial charge in [0, 0.05) is 49.7 Å². The van der Waals surface area contributed by atoms with Crippen LogP contribution in [-0.4, -0.2) is 50.0 Å². The van der Waals surface area contributed by atoms with Gasteiger partial charge >= 0.3 is 0 Å².